The number of pyridine rings is 1. The topological polar surface area (TPSA) is 115 Å². The second-order valence-corrected chi connectivity index (χ2v) is 9.29. The predicted octanol–water partition coefficient (Wildman–Crippen LogP) is 4.31. The van der Waals surface area contributed by atoms with Crippen LogP contribution >= 0.6 is 0 Å². The average Bonchev–Trinajstić information content (AvgIpc) is 3.55. The molecule has 0 radical (unpaired) electrons. The number of carbonyl (C=O) groups excluding carboxylic acids is 2. The Hall–Kier alpha value is -4.87. The molecule has 5 aromatic rings. The van der Waals surface area contributed by atoms with Crippen LogP contribution in [-0.2, 0) is 18.4 Å². The molecule has 12 heteroatoms. The maximum Gasteiger partial charge on any atom is 0.333 e. The number of alkyl halides is 2. The molecule has 200 valence electrons. The summed E-state index contributed by atoms with van der Waals surface area (Å²) in [5, 5.41) is 12.0. The van der Waals surface area contributed by atoms with Gasteiger partial charge in [0, 0.05) is 43.7 Å². The van der Waals surface area contributed by atoms with E-state index >= 15 is 0 Å². The Bertz CT molecular complexity index is 1740. The highest BCUT2D eigenvalue weighted by molar-refractivity contribution is 6.10. The number of halogens is 2. The molecule has 0 fully saturated rings. The van der Waals surface area contributed by atoms with Crippen molar-refractivity contribution in [2.75, 3.05) is 12.8 Å². The van der Waals surface area contributed by atoms with Crippen molar-refractivity contribution in [2.45, 2.75) is 26.9 Å². The molecule has 0 atom stereocenters. The van der Waals surface area contributed by atoms with Crippen LogP contribution in [0.5, 0.6) is 0 Å². The number of fused-ring (bicyclic) bond motifs is 3. The Labute approximate surface area is 222 Å². The number of rotatable bonds is 5. The minimum atomic E-state index is -2.72. The van der Waals surface area contributed by atoms with Crippen LogP contribution in [0.2, 0.25) is 0 Å². The molecule has 0 saturated carbocycles. The van der Waals surface area contributed by atoms with Gasteiger partial charge in [-0.15, -0.1) is 0 Å². The molecule has 0 aliphatic carbocycles. The highest BCUT2D eigenvalue weighted by Gasteiger charge is 2.24. The van der Waals surface area contributed by atoms with Crippen molar-refractivity contribution >= 4 is 39.4 Å². The van der Waals surface area contributed by atoms with E-state index in [0.29, 0.717) is 43.5 Å². The minimum Gasteiger partial charge on any atom is -0.383 e. The standard InChI is InChI=1S/C27H26F2N8O2/c1-15-9-17(20-11-32-36(13-20)27(28)29)5-6-19(15)14-37(35(4)16(2)38)26(39)18-7-8-23-21(10-18)24-22(25(30)33-23)12-31-34(24)3/h5-13,27H,14H2,1-4H3,(H2,30,33). The van der Waals surface area contributed by atoms with Gasteiger partial charge in [-0.1, -0.05) is 18.2 Å². The summed E-state index contributed by atoms with van der Waals surface area (Å²) in [4.78, 5) is 30.6. The maximum absolute atomic E-state index is 13.8. The first-order valence-electron chi connectivity index (χ1n) is 12.0. The smallest absolute Gasteiger partial charge is 0.333 e. The van der Waals surface area contributed by atoms with E-state index in [1.165, 1.54) is 36.4 Å². The first-order valence-corrected chi connectivity index (χ1v) is 12.0. The summed E-state index contributed by atoms with van der Waals surface area (Å²) in [6.45, 7) is 0.621. The molecule has 10 nitrogen and oxygen atoms in total. The first kappa shape index (κ1) is 25.8. The van der Waals surface area contributed by atoms with Crippen molar-refractivity contribution in [1.29, 1.82) is 0 Å². The molecular formula is C27H26F2N8O2. The zero-order chi connectivity index (χ0) is 28.0. The summed E-state index contributed by atoms with van der Waals surface area (Å²) in [6.07, 6.45) is 4.29. The van der Waals surface area contributed by atoms with Crippen LogP contribution in [0.1, 0.15) is 35.0 Å². The highest BCUT2D eigenvalue weighted by Crippen LogP contribution is 2.29. The summed E-state index contributed by atoms with van der Waals surface area (Å²) in [6, 6.07) is 10.5. The van der Waals surface area contributed by atoms with Crippen molar-refractivity contribution in [3.8, 4) is 11.1 Å². The van der Waals surface area contributed by atoms with E-state index in [1.807, 2.05) is 19.1 Å². The number of carbonyl (C=O) groups is 2. The Morgan fingerprint density at radius 3 is 2.49 bits per heavy atom. The Balaban J connectivity index is 1.50. The predicted molar refractivity (Wildman–Crippen MR) is 142 cm³/mol. The number of hydrazine groups is 1. The second-order valence-electron chi connectivity index (χ2n) is 9.29. The number of anilines is 1. The maximum atomic E-state index is 13.8. The zero-order valence-corrected chi connectivity index (χ0v) is 21.8. The van der Waals surface area contributed by atoms with Gasteiger partial charge in [-0.25, -0.2) is 14.7 Å². The lowest BCUT2D eigenvalue weighted by atomic mass is 10.0. The monoisotopic (exact) mass is 532 g/mol. The lowest BCUT2D eigenvalue weighted by molar-refractivity contribution is -0.140. The van der Waals surface area contributed by atoms with E-state index in [0.717, 1.165) is 16.6 Å². The van der Waals surface area contributed by atoms with Crippen molar-refractivity contribution in [2.24, 2.45) is 7.05 Å². The van der Waals surface area contributed by atoms with Crippen molar-refractivity contribution < 1.29 is 18.4 Å². The molecule has 3 heterocycles. The molecule has 0 aliphatic heterocycles. The molecule has 39 heavy (non-hydrogen) atoms. The van der Waals surface area contributed by atoms with Crippen molar-refractivity contribution in [3.05, 3.63) is 71.7 Å². The molecule has 0 bridgehead atoms. The van der Waals surface area contributed by atoms with Crippen LogP contribution < -0.4 is 5.73 Å². The molecule has 0 spiro atoms. The van der Waals surface area contributed by atoms with E-state index in [4.69, 9.17) is 5.73 Å². The van der Waals surface area contributed by atoms with Gasteiger partial charge in [0.15, 0.2) is 0 Å². The van der Waals surface area contributed by atoms with Crippen molar-refractivity contribution in [3.63, 3.8) is 0 Å². The lowest BCUT2D eigenvalue weighted by Crippen LogP contribution is -2.46. The summed E-state index contributed by atoms with van der Waals surface area (Å²) >= 11 is 0. The van der Waals surface area contributed by atoms with Crippen LogP contribution in [0.4, 0.5) is 14.6 Å². The molecule has 0 saturated heterocycles. The quantitative estimate of drug-likeness (QED) is 0.338. The third-order valence-corrected chi connectivity index (χ3v) is 6.80. The van der Waals surface area contributed by atoms with E-state index in [-0.39, 0.29) is 18.4 Å². The fourth-order valence-electron chi connectivity index (χ4n) is 4.53. The van der Waals surface area contributed by atoms with Gasteiger partial charge >= 0.3 is 6.55 Å². The molecule has 2 N–H and O–H groups in total. The molecule has 5 rings (SSSR count). The van der Waals surface area contributed by atoms with Gasteiger partial charge in [0.2, 0.25) is 5.91 Å². The Morgan fingerprint density at radius 2 is 1.82 bits per heavy atom. The van der Waals surface area contributed by atoms with Gasteiger partial charge in [0.05, 0.1) is 35.4 Å². The van der Waals surface area contributed by atoms with Crippen LogP contribution in [0.15, 0.2) is 55.0 Å². The zero-order valence-electron chi connectivity index (χ0n) is 21.8. The Kier molecular flexibility index (Phi) is 6.46. The fraction of sp³-hybridized carbons (Fsp3) is 0.222. The van der Waals surface area contributed by atoms with Crippen LogP contribution in [0.25, 0.3) is 32.9 Å². The van der Waals surface area contributed by atoms with E-state index < -0.39 is 6.55 Å². The number of hydrogen-bond acceptors (Lipinski definition) is 6. The molecule has 0 unspecified atom stereocenters. The van der Waals surface area contributed by atoms with Crippen molar-refractivity contribution in [1.82, 2.24) is 34.6 Å². The average molecular weight is 533 g/mol. The SMILES string of the molecule is CC(=O)N(C)N(Cc1ccc(-c2cnn(C(F)F)c2)cc1C)C(=O)c1ccc2nc(N)c3cnn(C)c3c2c1. The molecule has 2 amide bonds. The molecule has 2 aromatic carbocycles. The van der Waals surface area contributed by atoms with E-state index in [9.17, 15) is 18.4 Å². The summed E-state index contributed by atoms with van der Waals surface area (Å²) in [5.74, 6) is -0.354. The van der Waals surface area contributed by atoms with Crippen LogP contribution in [0, 0.1) is 6.92 Å². The summed E-state index contributed by atoms with van der Waals surface area (Å²) < 4.78 is 28.2. The largest absolute Gasteiger partial charge is 0.383 e. The van der Waals surface area contributed by atoms with Gasteiger partial charge in [0.25, 0.3) is 5.91 Å². The number of benzene rings is 2. The van der Waals surface area contributed by atoms with E-state index in [2.05, 4.69) is 15.2 Å². The lowest BCUT2D eigenvalue weighted by Gasteiger charge is -2.32. The minimum absolute atomic E-state index is 0.108. The number of nitrogens with zero attached hydrogens (tertiary/aromatic N) is 7. The normalized spacial score (nSPS) is 11.5. The van der Waals surface area contributed by atoms with Gasteiger partial charge < -0.3 is 5.73 Å². The third kappa shape index (κ3) is 4.65. The number of aromatic nitrogens is 5. The number of aryl methyl sites for hydroxylation is 2. The fourth-order valence-corrected chi connectivity index (χ4v) is 4.53. The summed E-state index contributed by atoms with van der Waals surface area (Å²) in [7, 11) is 3.32. The van der Waals surface area contributed by atoms with Crippen LogP contribution in [-0.4, -0.2) is 53.4 Å². The van der Waals surface area contributed by atoms with Gasteiger partial charge in [-0.3, -0.25) is 19.3 Å². The summed E-state index contributed by atoms with van der Waals surface area (Å²) in [5.41, 5.74) is 10.7. The third-order valence-electron chi connectivity index (χ3n) is 6.80. The number of nitrogens with two attached hydrogens (primary N) is 1. The van der Waals surface area contributed by atoms with Gasteiger partial charge in [0.1, 0.15) is 5.82 Å². The van der Waals surface area contributed by atoms with Gasteiger partial charge in [-0.2, -0.15) is 19.0 Å². The van der Waals surface area contributed by atoms with Gasteiger partial charge in [-0.05, 0) is 41.8 Å². The number of hydrogen-bond donors (Lipinski definition) is 1. The second kappa shape index (κ2) is 9.78. The first-order chi connectivity index (χ1) is 18.5. The molecule has 3 aromatic heterocycles. The molecule has 0 aliphatic rings. The van der Waals surface area contributed by atoms with Crippen LogP contribution in [0.3, 0.4) is 0 Å². The Morgan fingerprint density at radius 1 is 1.05 bits per heavy atom. The number of nitrogen functional groups attached to an aromatic ring is 1. The highest BCUT2D eigenvalue weighted by atomic mass is 19.3. The van der Waals surface area contributed by atoms with E-state index in [1.54, 1.807) is 42.2 Å². The molecular weight excluding hydrogens is 506 g/mol. The number of amides is 2.